The first kappa shape index (κ1) is 19.9. The highest BCUT2D eigenvalue weighted by atomic mass is 32.2. The number of ether oxygens (including phenoxy) is 1. The molecule has 1 heterocycles. The Bertz CT molecular complexity index is 830. The minimum absolute atomic E-state index is 0.0715. The highest BCUT2D eigenvalue weighted by Gasteiger charge is 2.32. The average Bonchev–Trinajstić information content (AvgIpc) is 2.60. The van der Waals surface area contributed by atoms with Gasteiger partial charge in [-0.25, -0.2) is 13.6 Å². The van der Waals surface area contributed by atoms with Crippen molar-refractivity contribution in [2.75, 3.05) is 7.11 Å². The van der Waals surface area contributed by atoms with Crippen LogP contribution in [0.3, 0.4) is 0 Å². The van der Waals surface area contributed by atoms with Crippen LogP contribution in [0.15, 0.2) is 60.6 Å². The normalized spacial score (nSPS) is 19.8. The predicted octanol–water partition coefficient (Wildman–Crippen LogP) is 2.63. The van der Waals surface area contributed by atoms with Gasteiger partial charge in [-0.3, -0.25) is 4.79 Å². The Hall–Kier alpha value is -2.38. The minimum atomic E-state index is -3.93. The van der Waals surface area contributed by atoms with E-state index in [0.29, 0.717) is 25.0 Å². The van der Waals surface area contributed by atoms with Crippen molar-refractivity contribution >= 4 is 15.9 Å². The van der Waals surface area contributed by atoms with Crippen molar-refractivity contribution in [2.45, 2.75) is 36.2 Å². The van der Waals surface area contributed by atoms with Crippen molar-refractivity contribution in [3.05, 3.63) is 61.2 Å². The summed E-state index contributed by atoms with van der Waals surface area (Å²) >= 11 is 0. The summed E-state index contributed by atoms with van der Waals surface area (Å²) in [4.78, 5) is 15.0. The third kappa shape index (κ3) is 4.23. The second kappa shape index (κ2) is 8.33. The molecule has 0 saturated heterocycles. The van der Waals surface area contributed by atoms with E-state index < -0.39 is 10.0 Å². The summed E-state index contributed by atoms with van der Waals surface area (Å²) in [6.07, 6.45) is 9.45. The Morgan fingerprint density at radius 1 is 1.35 bits per heavy atom. The van der Waals surface area contributed by atoms with Crippen molar-refractivity contribution in [1.82, 2.24) is 4.90 Å². The molecule has 1 aliphatic heterocycles. The van der Waals surface area contributed by atoms with Gasteiger partial charge in [0.1, 0.15) is 5.75 Å². The van der Waals surface area contributed by atoms with E-state index in [-0.39, 0.29) is 28.4 Å². The fourth-order valence-electron chi connectivity index (χ4n) is 3.12. The lowest BCUT2D eigenvalue weighted by atomic mass is 9.96. The van der Waals surface area contributed by atoms with Crippen LogP contribution in [-0.4, -0.2) is 38.4 Å². The lowest BCUT2D eigenvalue weighted by Crippen LogP contribution is -2.48. The smallest absolute Gasteiger partial charge is 0.258 e. The van der Waals surface area contributed by atoms with Crippen molar-refractivity contribution in [3.63, 3.8) is 0 Å². The first-order valence-corrected chi connectivity index (χ1v) is 9.80. The van der Waals surface area contributed by atoms with Crippen molar-refractivity contribution < 1.29 is 17.9 Å². The van der Waals surface area contributed by atoms with Gasteiger partial charge >= 0.3 is 0 Å². The van der Waals surface area contributed by atoms with Crippen molar-refractivity contribution in [2.24, 2.45) is 5.14 Å². The number of carbonyl (C=O) groups is 1. The monoisotopic (exact) mass is 376 g/mol. The van der Waals surface area contributed by atoms with E-state index in [1.807, 2.05) is 12.2 Å². The SMILES string of the molecule is C=CC[C@@H]1CC=C[C@@H](CC=C)N1C(=O)c1cc(S(N)(=O)=O)ccc1OC. The Morgan fingerprint density at radius 2 is 2.04 bits per heavy atom. The molecule has 2 atom stereocenters. The molecule has 2 rings (SSSR count). The highest BCUT2D eigenvalue weighted by molar-refractivity contribution is 7.89. The quantitative estimate of drug-likeness (QED) is 0.741. The zero-order valence-corrected chi connectivity index (χ0v) is 15.6. The molecule has 140 valence electrons. The molecule has 26 heavy (non-hydrogen) atoms. The molecular weight excluding hydrogens is 352 g/mol. The fourth-order valence-corrected chi connectivity index (χ4v) is 3.66. The Kier molecular flexibility index (Phi) is 6.39. The molecule has 0 saturated carbocycles. The van der Waals surface area contributed by atoms with Gasteiger partial charge in [0.05, 0.1) is 23.6 Å². The third-order valence-electron chi connectivity index (χ3n) is 4.33. The van der Waals surface area contributed by atoms with Crippen LogP contribution in [0.5, 0.6) is 5.75 Å². The van der Waals surface area contributed by atoms with E-state index in [4.69, 9.17) is 9.88 Å². The molecule has 7 heteroatoms. The standard InChI is InChI=1S/C19H24N2O4S/c1-4-7-14-9-6-10-15(8-5-2)21(14)19(22)17-13-16(26(20,23)24)11-12-18(17)25-3/h4-6,9,11-15H,1-2,7-8,10H2,3H3,(H2,20,23,24)/t14-,15-/m1/s1. The zero-order chi connectivity index (χ0) is 19.3. The van der Waals surface area contributed by atoms with E-state index in [2.05, 4.69) is 13.2 Å². The number of carbonyl (C=O) groups excluding carboxylic acids is 1. The number of nitrogens with zero attached hydrogens (tertiary/aromatic N) is 1. The zero-order valence-electron chi connectivity index (χ0n) is 14.8. The molecule has 1 amide bonds. The molecule has 0 spiro atoms. The Balaban J connectivity index is 2.54. The molecular formula is C19H24N2O4S. The van der Waals surface area contributed by atoms with Gasteiger partial charge in [0.2, 0.25) is 10.0 Å². The molecule has 1 aromatic carbocycles. The fraction of sp³-hybridized carbons (Fsp3) is 0.316. The van der Waals surface area contributed by atoms with E-state index in [0.717, 1.165) is 0 Å². The van der Waals surface area contributed by atoms with Crippen LogP contribution in [0.4, 0.5) is 0 Å². The van der Waals surface area contributed by atoms with Gasteiger partial charge in [-0.1, -0.05) is 24.3 Å². The molecule has 0 aliphatic carbocycles. The number of benzene rings is 1. The Labute approximate surface area is 154 Å². The third-order valence-corrected chi connectivity index (χ3v) is 5.24. The number of hydrogen-bond donors (Lipinski definition) is 1. The number of sulfonamides is 1. The van der Waals surface area contributed by atoms with Crippen LogP contribution in [0.2, 0.25) is 0 Å². The van der Waals surface area contributed by atoms with Gasteiger partial charge in [0.25, 0.3) is 5.91 Å². The maximum absolute atomic E-state index is 13.3. The molecule has 0 radical (unpaired) electrons. The maximum Gasteiger partial charge on any atom is 0.258 e. The molecule has 6 nitrogen and oxygen atoms in total. The van der Waals surface area contributed by atoms with Crippen molar-refractivity contribution in [3.8, 4) is 5.75 Å². The van der Waals surface area contributed by atoms with E-state index in [1.165, 1.54) is 25.3 Å². The van der Waals surface area contributed by atoms with Crippen LogP contribution in [0, 0.1) is 0 Å². The maximum atomic E-state index is 13.3. The highest BCUT2D eigenvalue weighted by Crippen LogP contribution is 2.29. The number of nitrogens with two attached hydrogens (primary N) is 1. The van der Waals surface area contributed by atoms with Crippen molar-refractivity contribution in [1.29, 1.82) is 0 Å². The van der Waals surface area contributed by atoms with E-state index in [9.17, 15) is 13.2 Å². The average molecular weight is 376 g/mol. The largest absolute Gasteiger partial charge is 0.496 e. The Morgan fingerprint density at radius 3 is 2.62 bits per heavy atom. The van der Waals surface area contributed by atoms with E-state index >= 15 is 0 Å². The molecule has 0 fully saturated rings. The number of primary sulfonamides is 1. The van der Waals surface area contributed by atoms with Gasteiger partial charge < -0.3 is 9.64 Å². The number of amides is 1. The summed E-state index contributed by atoms with van der Waals surface area (Å²) < 4.78 is 28.7. The topological polar surface area (TPSA) is 89.7 Å². The molecule has 2 N–H and O–H groups in total. The molecule has 1 aliphatic rings. The number of methoxy groups -OCH3 is 1. The molecule has 0 bridgehead atoms. The summed E-state index contributed by atoms with van der Waals surface area (Å²) in [5, 5.41) is 5.21. The first-order valence-electron chi connectivity index (χ1n) is 8.25. The lowest BCUT2D eigenvalue weighted by Gasteiger charge is -2.39. The predicted molar refractivity (Wildman–Crippen MR) is 101 cm³/mol. The van der Waals surface area contributed by atoms with Crippen LogP contribution in [-0.2, 0) is 10.0 Å². The van der Waals surface area contributed by atoms with Crippen LogP contribution in [0.25, 0.3) is 0 Å². The first-order chi connectivity index (χ1) is 12.3. The van der Waals surface area contributed by atoms with Gasteiger partial charge in [0, 0.05) is 6.04 Å². The van der Waals surface area contributed by atoms with Crippen LogP contribution < -0.4 is 9.88 Å². The van der Waals surface area contributed by atoms with Gasteiger partial charge in [0.15, 0.2) is 0 Å². The molecule has 0 unspecified atom stereocenters. The number of hydrogen-bond acceptors (Lipinski definition) is 4. The molecule has 1 aromatic rings. The summed E-state index contributed by atoms with van der Waals surface area (Å²) in [5.41, 5.74) is 0.164. The summed E-state index contributed by atoms with van der Waals surface area (Å²) in [7, 11) is -2.50. The minimum Gasteiger partial charge on any atom is -0.496 e. The van der Waals surface area contributed by atoms with Gasteiger partial charge in [-0.15, -0.1) is 13.2 Å². The summed E-state index contributed by atoms with van der Waals surface area (Å²) in [6, 6.07) is 3.80. The van der Waals surface area contributed by atoms with Gasteiger partial charge in [-0.2, -0.15) is 0 Å². The summed E-state index contributed by atoms with van der Waals surface area (Å²) in [5.74, 6) is -0.0120. The van der Waals surface area contributed by atoms with Crippen LogP contribution >= 0.6 is 0 Å². The van der Waals surface area contributed by atoms with Gasteiger partial charge in [-0.05, 0) is 37.5 Å². The molecule has 0 aromatic heterocycles. The lowest BCUT2D eigenvalue weighted by molar-refractivity contribution is 0.0604. The van der Waals surface area contributed by atoms with E-state index in [1.54, 1.807) is 17.1 Å². The number of rotatable bonds is 7. The second-order valence-electron chi connectivity index (χ2n) is 6.05. The second-order valence-corrected chi connectivity index (χ2v) is 7.61. The van der Waals surface area contributed by atoms with Crippen LogP contribution in [0.1, 0.15) is 29.6 Å². The summed E-state index contributed by atoms with van der Waals surface area (Å²) in [6.45, 7) is 7.53.